The second kappa shape index (κ2) is 3.88. The maximum absolute atomic E-state index is 13.0. The highest BCUT2D eigenvalue weighted by Gasteiger charge is 2.43. The van der Waals surface area contributed by atoms with E-state index in [4.69, 9.17) is 0 Å². The molecular formula is C14H12FNO2S. The number of benzene rings is 2. The molecule has 0 amide bonds. The first-order valence-corrected chi connectivity index (χ1v) is 7.31. The SMILES string of the molecule is C[C@@]1(c2ccc(F)cc2)NS(=O)(=O)c2ccccc21. The van der Waals surface area contributed by atoms with Gasteiger partial charge in [0, 0.05) is 0 Å². The maximum atomic E-state index is 13.0. The highest BCUT2D eigenvalue weighted by Crippen LogP contribution is 2.40. The van der Waals surface area contributed by atoms with Crippen LogP contribution in [0.5, 0.6) is 0 Å². The normalized spacial score (nSPS) is 24.1. The first-order valence-electron chi connectivity index (χ1n) is 5.83. The van der Waals surface area contributed by atoms with E-state index in [1.54, 1.807) is 43.3 Å². The van der Waals surface area contributed by atoms with Gasteiger partial charge in [-0.1, -0.05) is 30.3 Å². The number of hydrogen-bond acceptors (Lipinski definition) is 2. The van der Waals surface area contributed by atoms with Gasteiger partial charge in [0.15, 0.2) is 0 Å². The van der Waals surface area contributed by atoms with E-state index in [1.807, 2.05) is 0 Å². The molecule has 0 saturated heterocycles. The van der Waals surface area contributed by atoms with E-state index in [0.29, 0.717) is 11.1 Å². The van der Waals surface area contributed by atoms with Gasteiger partial charge in [-0.3, -0.25) is 0 Å². The molecule has 0 radical (unpaired) electrons. The molecule has 0 fully saturated rings. The molecule has 0 saturated carbocycles. The Bertz CT molecular complexity index is 740. The van der Waals surface area contributed by atoms with Crippen LogP contribution < -0.4 is 4.72 Å². The fourth-order valence-corrected chi connectivity index (χ4v) is 4.19. The van der Waals surface area contributed by atoms with Crippen LogP contribution in [-0.4, -0.2) is 8.42 Å². The van der Waals surface area contributed by atoms with Gasteiger partial charge in [-0.25, -0.2) is 12.8 Å². The predicted octanol–water partition coefficient (Wildman–Crippen LogP) is 2.38. The Morgan fingerprint density at radius 1 is 1.05 bits per heavy atom. The lowest BCUT2D eigenvalue weighted by Crippen LogP contribution is -2.37. The van der Waals surface area contributed by atoms with E-state index in [-0.39, 0.29) is 10.7 Å². The molecular weight excluding hydrogens is 265 g/mol. The minimum atomic E-state index is -3.52. The average molecular weight is 277 g/mol. The minimum absolute atomic E-state index is 0.279. The smallest absolute Gasteiger partial charge is 0.207 e. The van der Waals surface area contributed by atoms with Crippen LogP contribution >= 0.6 is 0 Å². The molecule has 5 heteroatoms. The second-order valence-corrected chi connectivity index (χ2v) is 6.38. The third kappa shape index (κ3) is 1.77. The van der Waals surface area contributed by atoms with Gasteiger partial charge in [-0.2, -0.15) is 4.72 Å². The molecule has 0 unspecified atom stereocenters. The Morgan fingerprint density at radius 2 is 1.68 bits per heavy atom. The van der Waals surface area contributed by atoms with E-state index in [0.717, 1.165) is 0 Å². The first-order chi connectivity index (χ1) is 8.93. The van der Waals surface area contributed by atoms with Crippen molar-refractivity contribution >= 4 is 10.0 Å². The Morgan fingerprint density at radius 3 is 2.37 bits per heavy atom. The monoisotopic (exact) mass is 277 g/mol. The van der Waals surface area contributed by atoms with Crippen molar-refractivity contribution in [2.75, 3.05) is 0 Å². The van der Waals surface area contributed by atoms with Gasteiger partial charge in [0.05, 0.1) is 10.4 Å². The summed E-state index contributed by atoms with van der Waals surface area (Å²) in [6, 6.07) is 12.7. The zero-order valence-electron chi connectivity index (χ0n) is 10.2. The number of rotatable bonds is 1. The van der Waals surface area contributed by atoms with Crippen LogP contribution in [0.3, 0.4) is 0 Å². The quantitative estimate of drug-likeness (QED) is 0.870. The molecule has 19 heavy (non-hydrogen) atoms. The van der Waals surface area contributed by atoms with Gasteiger partial charge in [0.2, 0.25) is 10.0 Å². The Labute approximate surface area is 111 Å². The fourth-order valence-electron chi connectivity index (χ4n) is 2.49. The molecule has 1 N–H and O–H groups in total. The van der Waals surface area contributed by atoms with E-state index in [2.05, 4.69) is 4.72 Å². The molecule has 0 aliphatic carbocycles. The molecule has 2 aromatic rings. The minimum Gasteiger partial charge on any atom is -0.207 e. The summed E-state index contributed by atoms with van der Waals surface area (Å²) in [6.45, 7) is 1.78. The summed E-state index contributed by atoms with van der Waals surface area (Å²) >= 11 is 0. The van der Waals surface area contributed by atoms with Crippen molar-refractivity contribution in [2.24, 2.45) is 0 Å². The van der Waals surface area contributed by atoms with Crippen LogP contribution in [0.2, 0.25) is 0 Å². The summed E-state index contributed by atoms with van der Waals surface area (Å²) in [6.07, 6.45) is 0. The van der Waals surface area contributed by atoms with Gasteiger partial charge in [-0.15, -0.1) is 0 Å². The zero-order valence-corrected chi connectivity index (χ0v) is 11.0. The van der Waals surface area contributed by atoms with Crippen LogP contribution in [-0.2, 0) is 15.6 Å². The van der Waals surface area contributed by atoms with E-state index in [9.17, 15) is 12.8 Å². The number of fused-ring (bicyclic) bond motifs is 1. The van der Waals surface area contributed by atoms with Crippen LogP contribution in [0.4, 0.5) is 4.39 Å². The van der Waals surface area contributed by atoms with Crippen molar-refractivity contribution < 1.29 is 12.8 Å². The molecule has 0 aromatic heterocycles. The van der Waals surface area contributed by atoms with Gasteiger partial charge in [0.25, 0.3) is 0 Å². The third-order valence-electron chi connectivity index (χ3n) is 3.48. The molecule has 1 aliphatic rings. The Balaban J connectivity index is 2.25. The van der Waals surface area contributed by atoms with Crippen molar-refractivity contribution in [2.45, 2.75) is 17.4 Å². The first kappa shape index (κ1) is 12.3. The van der Waals surface area contributed by atoms with Crippen molar-refractivity contribution in [1.29, 1.82) is 0 Å². The summed E-state index contributed by atoms with van der Waals surface area (Å²) in [4.78, 5) is 0.279. The summed E-state index contributed by atoms with van der Waals surface area (Å²) in [7, 11) is -3.52. The predicted molar refractivity (Wildman–Crippen MR) is 69.6 cm³/mol. The van der Waals surface area contributed by atoms with Gasteiger partial charge in [0.1, 0.15) is 5.82 Å². The molecule has 2 aromatic carbocycles. The van der Waals surface area contributed by atoms with Crippen LogP contribution in [0.15, 0.2) is 53.4 Å². The summed E-state index contributed by atoms with van der Waals surface area (Å²) < 4.78 is 39.9. The van der Waals surface area contributed by atoms with E-state index >= 15 is 0 Å². The number of nitrogens with one attached hydrogen (secondary N) is 1. The third-order valence-corrected chi connectivity index (χ3v) is 5.09. The zero-order chi connectivity index (χ0) is 13.7. The lowest BCUT2D eigenvalue weighted by molar-refractivity contribution is 0.526. The van der Waals surface area contributed by atoms with Crippen molar-refractivity contribution in [1.82, 2.24) is 4.72 Å². The van der Waals surface area contributed by atoms with Crippen LogP contribution in [0.1, 0.15) is 18.1 Å². The fraction of sp³-hybridized carbons (Fsp3) is 0.143. The van der Waals surface area contributed by atoms with Gasteiger partial charge >= 0.3 is 0 Å². The number of halogens is 1. The number of hydrogen-bond donors (Lipinski definition) is 1. The highest BCUT2D eigenvalue weighted by atomic mass is 32.2. The summed E-state index contributed by atoms with van der Waals surface area (Å²) in [5, 5.41) is 0. The number of sulfonamides is 1. The maximum Gasteiger partial charge on any atom is 0.242 e. The van der Waals surface area contributed by atoms with E-state index in [1.165, 1.54) is 12.1 Å². The molecule has 3 nitrogen and oxygen atoms in total. The summed E-state index contributed by atoms with van der Waals surface area (Å²) in [5.74, 6) is -0.346. The summed E-state index contributed by atoms with van der Waals surface area (Å²) in [5.41, 5.74) is 0.535. The van der Waals surface area contributed by atoms with Crippen molar-refractivity contribution in [3.8, 4) is 0 Å². The molecule has 98 valence electrons. The van der Waals surface area contributed by atoms with E-state index < -0.39 is 15.6 Å². The Kier molecular flexibility index (Phi) is 2.52. The lowest BCUT2D eigenvalue weighted by Gasteiger charge is -2.25. The molecule has 1 aliphatic heterocycles. The largest absolute Gasteiger partial charge is 0.242 e. The molecule has 3 rings (SSSR count). The second-order valence-electron chi connectivity index (χ2n) is 4.73. The standard InChI is InChI=1S/C14H12FNO2S/c1-14(10-6-8-11(15)9-7-10)12-4-2-3-5-13(12)19(17,18)16-14/h2-9,16H,1H3/t14-/m0/s1. The topological polar surface area (TPSA) is 46.2 Å². The van der Waals surface area contributed by atoms with Gasteiger partial charge in [-0.05, 0) is 36.2 Å². The molecule has 1 heterocycles. The van der Waals surface area contributed by atoms with Crippen molar-refractivity contribution in [3.05, 3.63) is 65.5 Å². The van der Waals surface area contributed by atoms with Crippen molar-refractivity contribution in [3.63, 3.8) is 0 Å². The molecule has 1 atom stereocenters. The Hall–Kier alpha value is -1.72. The molecule has 0 spiro atoms. The highest BCUT2D eigenvalue weighted by molar-refractivity contribution is 7.89. The van der Waals surface area contributed by atoms with Crippen LogP contribution in [0.25, 0.3) is 0 Å². The van der Waals surface area contributed by atoms with Crippen LogP contribution in [0, 0.1) is 5.82 Å². The van der Waals surface area contributed by atoms with Gasteiger partial charge < -0.3 is 0 Å². The molecule has 0 bridgehead atoms. The lowest BCUT2D eigenvalue weighted by atomic mass is 9.86. The average Bonchev–Trinajstić information content (AvgIpc) is 2.59.